The first-order valence-corrected chi connectivity index (χ1v) is 7.25. The summed E-state index contributed by atoms with van der Waals surface area (Å²) < 4.78 is 0. The van der Waals surface area contributed by atoms with Gasteiger partial charge in [-0.15, -0.1) is 0 Å². The van der Waals surface area contributed by atoms with Crippen LogP contribution < -0.4 is 0 Å². The highest BCUT2D eigenvalue weighted by atomic mass is 16.3. The van der Waals surface area contributed by atoms with Crippen LogP contribution in [0.3, 0.4) is 0 Å². The second-order valence-electron chi connectivity index (χ2n) is 6.38. The molecule has 1 heterocycles. The lowest BCUT2D eigenvalue weighted by atomic mass is 9.58. The molecule has 1 aromatic rings. The molecule has 0 bridgehead atoms. The smallest absolute Gasteiger partial charge is 0.115 e. The molecule has 1 N–H and O–H groups in total. The lowest BCUT2D eigenvalue weighted by Gasteiger charge is -2.51. The average Bonchev–Trinajstić information content (AvgIpc) is 2.39. The summed E-state index contributed by atoms with van der Waals surface area (Å²) in [5.41, 5.74) is 2.90. The van der Waals surface area contributed by atoms with Crippen LogP contribution in [-0.4, -0.2) is 30.1 Å². The van der Waals surface area contributed by atoms with Crippen LogP contribution in [0.1, 0.15) is 31.2 Å². The molecule has 1 saturated carbocycles. The summed E-state index contributed by atoms with van der Waals surface area (Å²) in [5.74, 6) is 1.08. The molecule has 0 radical (unpaired) electrons. The van der Waals surface area contributed by atoms with E-state index in [0.717, 1.165) is 13.0 Å². The zero-order chi connectivity index (χ0) is 13.5. The molecule has 0 spiro atoms. The van der Waals surface area contributed by atoms with E-state index in [9.17, 15) is 5.11 Å². The number of hydrogen-bond acceptors (Lipinski definition) is 2. The zero-order valence-electron chi connectivity index (χ0n) is 11.7. The summed E-state index contributed by atoms with van der Waals surface area (Å²) in [4.78, 5) is 2.44. The Morgan fingerprint density at radius 2 is 2.26 bits per heavy atom. The Bertz CT molecular complexity index is 496. The lowest BCUT2D eigenvalue weighted by Crippen LogP contribution is -2.50. The summed E-state index contributed by atoms with van der Waals surface area (Å²) in [6.45, 7) is 6.55. The lowest BCUT2D eigenvalue weighted by molar-refractivity contribution is 0.0877. The van der Waals surface area contributed by atoms with Crippen molar-refractivity contribution in [2.45, 2.75) is 31.1 Å². The van der Waals surface area contributed by atoms with Gasteiger partial charge in [0.05, 0.1) is 0 Å². The highest BCUT2D eigenvalue weighted by Crippen LogP contribution is 2.50. The fraction of sp³-hybridized carbons (Fsp3) is 0.529. The SMILES string of the molecule is C=C1CCC2CN(C)CCC2(c2cccc(O)c2)C1. The maximum atomic E-state index is 9.82. The molecule has 1 aliphatic heterocycles. The van der Waals surface area contributed by atoms with Crippen molar-refractivity contribution in [1.82, 2.24) is 4.90 Å². The normalized spacial score (nSPS) is 32.1. The van der Waals surface area contributed by atoms with Crippen LogP contribution in [0.15, 0.2) is 36.4 Å². The first kappa shape index (κ1) is 12.7. The van der Waals surface area contributed by atoms with Gasteiger partial charge in [0.15, 0.2) is 0 Å². The van der Waals surface area contributed by atoms with Gasteiger partial charge in [-0.1, -0.05) is 24.3 Å². The second-order valence-corrected chi connectivity index (χ2v) is 6.38. The third kappa shape index (κ3) is 2.18. The molecule has 1 saturated heterocycles. The molecule has 2 unspecified atom stereocenters. The van der Waals surface area contributed by atoms with Gasteiger partial charge >= 0.3 is 0 Å². The second kappa shape index (κ2) is 4.68. The quantitative estimate of drug-likeness (QED) is 0.780. The number of phenols is 1. The summed E-state index contributed by atoms with van der Waals surface area (Å²) in [7, 11) is 2.22. The molecule has 19 heavy (non-hydrogen) atoms. The molecular weight excluding hydrogens is 234 g/mol. The minimum Gasteiger partial charge on any atom is -0.508 e. The summed E-state index contributed by atoms with van der Waals surface area (Å²) >= 11 is 0. The third-order valence-corrected chi connectivity index (χ3v) is 5.09. The van der Waals surface area contributed by atoms with Crippen molar-refractivity contribution in [1.29, 1.82) is 0 Å². The summed E-state index contributed by atoms with van der Waals surface area (Å²) in [5, 5.41) is 9.82. The highest BCUT2D eigenvalue weighted by molar-refractivity contribution is 5.37. The maximum Gasteiger partial charge on any atom is 0.115 e. The van der Waals surface area contributed by atoms with Crippen LogP contribution in [0.25, 0.3) is 0 Å². The molecule has 2 atom stereocenters. The number of likely N-dealkylation sites (tertiary alicyclic amines) is 1. The van der Waals surface area contributed by atoms with Gasteiger partial charge in [0, 0.05) is 12.0 Å². The molecule has 0 amide bonds. The number of hydrogen-bond donors (Lipinski definition) is 1. The van der Waals surface area contributed by atoms with Crippen molar-refractivity contribution in [2.75, 3.05) is 20.1 Å². The van der Waals surface area contributed by atoms with E-state index in [1.807, 2.05) is 12.1 Å². The number of nitrogens with zero attached hydrogens (tertiary/aromatic N) is 1. The summed E-state index contributed by atoms with van der Waals surface area (Å²) in [6, 6.07) is 7.90. The van der Waals surface area contributed by atoms with Crippen LogP contribution in [0, 0.1) is 5.92 Å². The number of phenolic OH excluding ortho intramolecular Hbond substituents is 1. The van der Waals surface area contributed by atoms with Crippen molar-refractivity contribution >= 4 is 0 Å². The van der Waals surface area contributed by atoms with E-state index in [4.69, 9.17) is 0 Å². The van der Waals surface area contributed by atoms with Crippen LogP contribution in [0.4, 0.5) is 0 Å². The Kier molecular flexibility index (Phi) is 3.14. The van der Waals surface area contributed by atoms with Crippen molar-refractivity contribution in [2.24, 2.45) is 5.92 Å². The molecule has 2 heteroatoms. The van der Waals surface area contributed by atoms with Gasteiger partial charge in [0.25, 0.3) is 0 Å². The van der Waals surface area contributed by atoms with Gasteiger partial charge < -0.3 is 10.0 Å². The van der Waals surface area contributed by atoms with E-state index in [0.29, 0.717) is 11.7 Å². The minimum absolute atomic E-state index is 0.209. The van der Waals surface area contributed by atoms with Crippen LogP contribution in [-0.2, 0) is 5.41 Å². The standard InChI is InChI=1S/C17H23NO/c1-13-6-7-15-12-18(2)9-8-17(15,11-13)14-4-3-5-16(19)10-14/h3-5,10,15,19H,1,6-9,11-12H2,2H3. The molecule has 2 nitrogen and oxygen atoms in total. The van der Waals surface area contributed by atoms with Gasteiger partial charge in [-0.05, 0) is 62.9 Å². The van der Waals surface area contributed by atoms with Crippen molar-refractivity contribution in [3.63, 3.8) is 0 Å². The Balaban J connectivity index is 2.02. The molecule has 102 valence electrons. The number of aromatic hydroxyl groups is 1. The number of fused-ring (bicyclic) bond motifs is 1. The predicted molar refractivity (Wildman–Crippen MR) is 78.4 cm³/mol. The molecule has 1 aromatic carbocycles. The van der Waals surface area contributed by atoms with E-state index in [-0.39, 0.29) is 5.41 Å². The fourth-order valence-electron chi connectivity index (χ4n) is 4.05. The average molecular weight is 257 g/mol. The molecule has 2 aliphatic rings. The number of piperidine rings is 1. The van der Waals surface area contributed by atoms with E-state index < -0.39 is 0 Å². The van der Waals surface area contributed by atoms with Gasteiger partial charge in [0.2, 0.25) is 0 Å². The Hall–Kier alpha value is -1.28. The minimum atomic E-state index is 0.209. The summed E-state index contributed by atoms with van der Waals surface area (Å²) in [6.07, 6.45) is 4.67. The van der Waals surface area contributed by atoms with Crippen LogP contribution in [0.5, 0.6) is 5.75 Å². The zero-order valence-corrected chi connectivity index (χ0v) is 11.7. The topological polar surface area (TPSA) is 23.5 Å². The van der Waals surface area contributed by atoms with E-state index >= 15 is 0 Å². The van der Waals surface area contributed by atoms with Gasteiger partial charge in [0.1, 0.15) is 5.75 Å². The van der Waals surface area contributed by atoms with Gasteiger partial charge in [-0.25, -0.2) is 0 Å². The largest absolute Gasteiger partial charge is 0.508 e. The predicted octanol–water partition coefficient (Wildman–Crippen LogP) is 3.32. The van der Waals surface area contributed by atoms with Crippen LogP contribution in [0.2, 0.25) is 0 Å². The Morgan fingerprint density at radius 3 is 3.05 bits per heavy atom. The molecule has 1 aliphatic carbocycles. The molecule has 2 fully saturated rings. The van der Waals surface area contributed by atoms with Crippen molar-refractivity contribution < 1.29 is 5.11 Å². The maximum absolute atomic E-state index is 9.82. The molecular formula is C17H23NO. The number of rotatable bonds is 1. The van der Waals surface area contributed by atoms with Crippen molar-refractivity contribution in [3.8, 4) is 5.75 Å². The highest BCUT2D eigenvalue weighted by Gasteiger charge is 2.45. The van der Waals surface area contributed by atoms with Gasteiger partial charge in [-0.3, -0.25) is 0 Å². The number of allylic oxidation sites excluding steroid dienone is 1. The van der Waals surface area contributed by atoms with Crippen molar-refractivity contribution in [3.05, 3.63) is 42.0 Å². The fourth-order valence-corrected chi connectivity index (χ4v) is 4.05. The first-order valence-electron chi connectivity index (χ1n) is 7.25. The van der Waals surface area contributed by atoms with E-state index in [1.54, 1.807) is 6.07 Å². The Morgan fingerprint density at radius 1 is 1.42 bits per heavy atom. The third-order valence-electron chi connectivity index (χ3n) is 5.09. The molecule has 3 rings (SSSR count). The van der Waals surface area contributed by atoms with E-state index in [1.165, 1.54) is 36.9 Å². The first-order chi connectivity index (χ1) is 9.10. The van der Waals surface area contributed by atoms with Gasteiger partial charge in [-0.2, -0.15) is 0 Å². The monoisotopic (exact) mass is 257 g/mol. The van der Waals surface area contributed by atoms with E-state index in [2.05, 4.69) is 24.6 Å². The number of benzene rings is 1. The molecule has 0 aromatic heterocycles. The Labute approximate surface area is 115 Å². The van der Waals surface area contributed by atoms with Crippen LogP contribution >= 0.6 is 0 Å².